The Bertz CT molecular complexity index is 1310. The molecule has 2 saturated carbocycles. The summed E-state index contributed by atoms with van der Waals surface area (Å²) in [7, 11) is 6.45. The Morgan fingerprint density at radius 2 is 1.03 bits per heavy atom. The van der Waals surface area contributed by atoms with Crippen LogP contribution in [0.15, 0.2) is 24.3 Å². The maximum Gasteiger partial charge on any atom is 0.200 e. The molecule has 2 aromatic rings. The molecule has 4 atom stereocenters. The van der Waals surface area contributed by atoms with Gasteiger partial charge in [-0.05, 0) is 49.9 Å². The number of benzene rings is 2. The zero-order chi connectivity index (χ0) is 28.3. The topological polar surface area (TPSA) is 145 Å². The second kappa shape index (κ2) is 9.78. The Labute approximate surface area is 228 Å². The molecule has 3 aliphatic rings. The van der Waals surface area contributed by atoms with E-state index in [0.29, 0.717) is 11.4 Å². The van der Waals surface area contributed by atoms with Gasteiger partial charge in [-0.2, -0.15) is 0 Å². The van der Waals surface area contributed by atoms with Gasteiger partial charge in [-0.3, -0.25) is 9.59 Å². The summed E-state index contributed by atoms with van der Waals surface area (Å²) in [4.78, 5) is 27.9. The van der Waals surface area contributed by atoms with Gasteiger partial charge in [0.15, 0.2) is 0 Å². The molecule has 2 aromatic carbocycles. The highest BCUT2D eigenvalue weighted by atomic mass is 16.5. The van der Waals surface area contributed by atoms with Crippen LogP contribution in [-0.4, -0.2) is 83.4 Å². The third kappa shape index (κ3) is 4.86. The lowest BCUT2D eigenvalue weighted by molar-refractivity contribution is -0.868. The van der Waals surface area contributed by atoms with E-state index in [1.165, 1.54) is 12.1 Å². The molecule has 39 heavy (non-hydrogen) atoms. The van der Waals surface area contributed by atoms with Crippen molar-refractivity contribution in [2.75, 3.05) is 38.8 Å². The predicted molar refractivity (Wildman–Crippen MR) is 149 cm³/mol. The van der Waals surface area contributed by atoms with Crippen molar-refractivity contribution in [2.24, 2.45) is 0 Å². The van der Waals surface area contributed by atoms with Crippen LogP contribution < -0.4 is 10.6 Å². The fourth-order valence-corrected chi connectivity index (χ4v) is 6.88. The van der Waals surface area contributed by atoms with Crippen LogP contribution in [0, 0.1) is 10.4 Å². The van der Waals surface area contributed by atoms with E-state index in [-0.39, 0.29) is 57.9 Å². The number of hydrogen-bond donors (Lipinski definition) is 4. The van der Waals surface area contributed by atoms with E-state index in [0.717, 1.165) is 44.9 Å². The smallest absolute Gasteiger partial charge is 0.200 e. The summed E-state index contributed by atoms with van der Waals surface area (Å²) >= 11 is 0. The average Bonchev–Trinajstić information content (AvgIpc) is 3.33. The van der Waals surface area contributed by atoms with Crippen molar-refractivity contribution < 1.29 is 29.1 Å². The molecule has 2 fully saturated rings. The molecule has 0 aliphatic heterocycles. The highest BCUT2D eigenvalue weighted by Gasteiger charge is 2.41. The number of carbonyl (C=O) groups is 2. The third-order valence-corrected chi connectivity index (χ3v) is 8.76. The Kier molecular flexibility index (Phi) is 6.87. The number of likely N-dealkylation sites (N-methyl/N-ethyl adjacent to an activating group) is 2. The van der Waals surface area contributed by atoms with Crippen molar-refractivity contribution in [1.82, 2.24) is 0 Å². The molecule has 10 heteroatoms. The molecule has 4 unspecified atom stereocenters. The number of rotatable bonds is 6. The molecule has 3 aliphatic carbocycles. The van der Waals surface area contributed by atoms with Crippen molar-refractivity contribution in [2.45, 2.75) is 69.1 Å². The first-order valence-corrected chi connectivity index (χ1v) is 13.7. The molecule has 0 bridgehead atoms. The van der Waals surface area contributed by atoms with Gasteiger partial charge in [-0.25, -0.2) is 0 Å². The van der Waals surface area contributed by atoms with Gasteiger partial charge >= 0.3 is 0 Å². The molecule has 5 rings (SSSR count). The van der Waals surface area contributed by atoms with Crippen molar-refractivity contribution >= 4 is 22.9 Å². The summed E-state index contributed by atoms with van der Waals surface area (Å²) in [5.41, 5.74) is 0.559. The molecular formula is C29H38N4O6. The van der Waals surface area contributed by atoms with Crippen LogP contribution in [0.5, 0.6) is 11.5 Å². The Hall–Kier alpha value is -3.18. The Morgan fingerprint density at radius 3 is 1.46 bits per heavy atom. The van der Waals surface area contributed by atoms with E-state index in [1.54, 1.807) is 40.3 Å². The molecule has 0 heterocycles. The van der Waals surface area contributed by atoms with Crippen LogP contribution in [0.2, 0.25) is 0 Å². The number of nitrogens with one attached hydrogen (secondary N) is 2. The van der Waals surface area contributed by atoms with Crippen LogP contribution in [-0.2, 0) is 0 Å². The highest BCUT2D eigenvalue weighted by Crippen LogP contribution is 2.44. The van der Waals surface area contributed by atoms with Crippen molar-refractivity contribution in [3.8, 4) is 11.5 Å². The van der Waals surface area contributed by atoms with Crippen molar-refractivity contribution in [3.05, 3.63) is 56.9 Å². The number of hydrogen-bond acceptors (Lipinski definition) is 8. The number of nitrogens with zero attached hydrogens (tertiary/aromatic N) is 2. The lowest BCUT2D eigenvalue weighted by atomic mass is 9.80. The molecule has 0 amide bonds. The standard InChI is InChI=1S/C29H38N4O6/c1-32(2,38)20-10-6-5-8-16(20)30-18-12-13-19(31-17-9-7-11-21(17)33(3,4)39)25-24(18)28(36)26-22(34)14-15-23(35)27(26)29(25)37/h12-17,20-21,30-31,34-35H,5-11H2,1-4H3. The minimum absolute atomic E-state index is 0.100. The number of ketones is 2. The second-order valence-corrected chi connectivity index (χ2v) is 12.1. The second-order valence-electron chi connectivity index (χ2n) is 12.1. The molecule has 4 N–H and O–H groups in total. The quantitative estimate of drug-likeness (QED) is 0.209. The van der Waals surface area contributed by atoms with Gasteiger partial charge in [0.1, 0.15) is 23.6 Å². The molecule has 0 radical (unpaired) electrons. The van der Waals surface area contributed by atoms with E-state index < -0.39 is 20.9 Å². The number of quaternary nitrogens is 2. The summed E-state index contributed by atoms with van der Waals surface area (Å²) in [5, 5.41) is 53.7. The van der Waals surface area contributed by atoms with Crippen LogP contribution in [0.4, 0.5) is 11.4 Å². The normalized spacial score (nSPS) is 25.3. The third-order valence-electron chi connectivity index (χ3n) is 8.76. The summed E-state index contributed by atoms with van der Waals surface area (Å²) < 4.78 is -0.952. The number of phenols is 2. The summed E-state index contributed by atoms with van der Waals surface area (Å²) in [6.07, 6.45) is 5.72. The van der Waals surface area contributed by atoms with Crippen LogP contribution >= 0.6 is 0 Å². The number of phenolic OH excluding ortho intramolecular Hbond substituents is 2. The first kappa shape index (κ1) is 27.4. The number of hydroxylamine groups is 6. The van der Waals surface area contributed by atoms with Gasteiger partial charge in [0.05, 0.1) is 62.5 Å². The SMILES string of the molecule is C[N+](C)([O-])C1CCCCC1Nc1ccc(NC2CCCC2[N+](C)(C)[O-])c2c1C(=O)c1c(O)ccc(O)c1C2=O. The fraction of sp³-hybridized carbons (Fsp3) is 0.517. The molecule has 210 valence electrons. The number of anilines is 2. The largest absolute Gasteiger partial charge is 0.633 e. The summed E-state index contributed by atoms with van der Waals surface area (Å²) in [6, 6.07) is 4.98. The lowest BCUT2D eigenvalue weighted by Gasteiger charge is -2.48. The van der Waals surface area contributed by atoms with Gasteiger partial charge in [-0.15, -0.1) is 0 Å². The van der Waals surface area contributed by atoms with E-state index >= 15 is 0 Å². The van der Waals surface area contributed by atoms with E-state index in [4.69, 9.17) is 0 Å². The number of fused-ring (bicyclic) bond motifs is 2. The summed E-state index contributed by atoms with van der Waals surface area (Å²) in [5.74, 6) is -1.93. The first-order chi connectivity index (χ1) is 18.3. The van der Waals surface area contributed by atoms with Gasteiger partial charge in [0, 0.05) is 24.2 Å². The van der Waals surface area contributed by atoms with Gasteiger partial charge in [0.2, 0.25) is 11.6 Å². The minimum atomic E-state index is -0.579. The monoisotopic (exact) mass is 538 g/mol. The van der Waals surface area contributed by atoms with Gasteiger partial charge in [0.25, 0.3) is 0 Å². The van der Waals surface area contributed by atoms with Crippen LogP contribution in [0.1, 0.15) is 76.8 Å². The first-order valence-electron chi connectivity index (χ1n) is 13.7. The average molecular weight is 539 g/mol. The molecule has 10 nitrogen and oxygen atoms in total. The van der Waals surface area contributed by atoms with Crippen LogP contribution in [0.3, 0.4) is 0 Å². The zero-order valence-electron chi connectivity index (χ0n) is 23.0. The molecular weight excluding hydrogens is 500 g/mol. The maximum absolute atomic E-state index is 14.0. The number of aromatic hydroxyl groups is 2. The van der Waals surface area contributed by atoms with Gasteiger partial charge < -0.3 is 40.6 Å². The van der Waals surface area contributed by atoms with Crippen LogP contribution in [0.25, 0.3) is 0 Å². The Balaban J connectivity index is 1.63. The summed E-state index contributed by atoms with van der Waals surface area (Å²) in [6.45, 7) is 0. The number of carbonyl (C=O) groups excluding carboxylic acids is 2. The van der Waals surface area contributed by atoms with E-state index in [9.17, 15) is 30.2 Å². The minimum Gasteiger partial charge on any atom is -0.633 e. The van der Waals surface area contributed by atoms with E-state index in [1.807, 2.05) is 0 Å². The van der Waals surface area contributed by atoms with Crippen molar-refractivity contribution in [1.29, 1.82) is 0 Å². The van der Waals surface area contributed by atoms with Crippen molar-refractivity contribution in [3.63, 3.8) is 0 Å². The predicted octanol–water partition coefficient (Wildman–Crippen LogP) is 4.08. The zero-order valence-corrected chi connectivity index (χ0v) is 23.0. The molecule has 0 saturated heterocycles. The fourth-order valence-electron chi connectivity index (χ4n) is 6.88. The molecule has 0 aromatic heterocycles. The highest BCUT2D eigenvalue weighted by molar-refractivity contribution is 6.33. The molecule has 0 spiro atoms. The van der Waals surface area contributed by atoms with Gasteiger partial charge in [-0.1, -0.05) is 6.42 Å². The van der Waals surface area contributed by atoms with E-state index in [2.05, 4.69) is 10.6 Å². The Morgan fingerprint density at radius 1 is 0.641 bits per heavy atom. The maximum atomic E-state index is 14.0. The lowest BCUT2D eigenvalue weighted by Crippen LogP contribution is -2.54.